The van der Waals surface area contributed by atoms with E-state index in [1.54, 1.807) is 4.90 Å². The van der Waals surface area contributed by atoms with Crippen molar-refractivity contribution in [3.8, 4) is 5.75 Å². The third-order valence-corrected chi connectivity index (χ3v) is 5.37. The highest BCUT2D eigenvalue weighted by Gasteiger charge is 2.21. The maximum absolute atomic E-state index is 11.9. The number of nitrogens with zero attached hydrogens (tertiary/aromatic N) is 1. The molecule has 0 saturated carbocycles. The summed E-state index contributed by atoms with van der Waals surface area (Å²) >= 11 is 0. The number of carbonyl (C=O) groups is 2. The van der Waals surface area contributed by atoms with Crippen molar-refractivity contribution >= 4 is 27.6 Å². The van der Waals surface area contributed by atoms with Crippen LogP contribution in [0.25, 0.3) is 0 Å². The van der Waals surface area contributed by atoms with Gasteiger partial charge in [0, 0.05) is 18.7 Å². The molecule has 1 heterocycles. The first kappa shape index (κ1) is 20.8. The van der Waals surface area contributed by atoms with E-state index in [9.17, 15) is 18.0 Å². The molecule has 1 saturated heterocycles. The summed E-state index contributed by atoms with van der Waals surface area (Å²) < 4.78 is 32.9. The normalized spacial score (nSPS) is 14.1. The predicted octanol–water partition coefficient (Wildman–Crippen LogP) is 1.63. The van der Waals surface area contributed by atoms with Crippen LogP contribution in [-0.2, 0) is 30.8 Å². The molecule has 29 heavy (non-hydrogen) atoms. The molecule has 154 valence electrons. The molecule has 8 nitrogen and oxygen atoms in total. The Hall–Kier alpha value is -2.91. The highest BCUT2D eigenvalue weighted by atomic mass is 32.2. The molecule has 1 aliphatic heterocycles. The van der Waals surface area contributed by atoms with Gasteiger partial charge in [0.15, 0.2) is 0 Å². The quantitative estimate of drug-likeness (QED) is 0.514. The number of benzene rings is 2. The van der Waals surface area contributed by atoms with Crippen molar-refractivity contribution in [3.63, 3.8) is 0 Å². The van der Waals surface area contributed by atoms with Crippen LogP contribution in [0.2, 0.25) is 0 Å². The monoisotopic (exact) mass is 418 g/mol. The Morgan fingerprint density at radius 2 is 1.72 bits per heavy atom. The van der Waals surface area contributed by atoms with E-state index in [2.05, 4.69) is 0 Å². The standard InChI is InChI=1S/C20H22N2O6S/c21-29(25,26)18-9-7-17(8-10-18)27-12-13-28-20(24)14-15-3-5-16(6-4-15)22-11-1-2-19(22)23/h3-10H,1-2,11-14H2,(H2,21,25,26). The number of hydrogen-bond donors (Lipinski definition) is 1. The van der Waals surface area contributed by atoms with Gasteiger partial charge in [0.2, 0.25) is 15.9 Å². The molecule has 0 unspecified atom stereocenters. The van der Waals surface area contributed by atoms with Crippen LogP contribution < -0.4 is 14.8 Å². The number of amides is 1. The summed E-state index contributed by atoms with van der Waals surface area (Å²) in [6.45, 7) is 0.928. The Labute approximate surface area is 169 Å². The number of hydrogen-bond acceptors (Lipinski definition) is 6. The molecule has 0 atom stereocenters. The van der Waals surface area contributed by atoms with Crippen LogP contribution in [0.4, 0.5) is 5.69 Å². The smallest absolute Gasteiger partial charge is 0.310 e. The van der Waals surface area contributed by atoms with Gasteiger partial charge in [-0.1, -0.05) is 12.1 Å². The Balaban J connectivity index is 1.40. The molecule has 9 heteroatoms. The molecular weight excluding hydrogens is 396 g/mol. The van der Waals surface area contributed by atoms with Crippen molar-refractivity contribution in [1.82, 2.24) is 0 Å². The highest BCUT2D eigenvalue weighted by molar-refractivity contribution is 7.89. The molecule has 2 aromatic rings. The van der Waals surface area contributed by atoms with Crippen molar-refractivity contribution < 1.29 is 27.5 Å². The van der Waals surface area contributed by atoms with Crippen LogP contribution in [-0.4, -0.2) is 40.1 Å². The Morgan fingerprint density at radius 3 is 2.31 bits per heavy atom. The van der Waals surface area contributed by atoms with E-state index >= 15 is 0 Å². The number of primary sulfonamides is 1. The van der Waals surface area contributed by atoms with Crippen molar-refractivity contribution in [2.75, 3.05) is 24.7 Å². The van der Waals surface area contributed by atoms with Gasteiger partial charge >= 0.3 is 5.97 Å². The molecular formula is C20H22N2O6S. The summed E-state index contributed by atoms with van der Waals surface area (Å²) in [6, 6.07) is 12.9. The number of anilines is 1. The largest absolute Gasteiger partial charge is 0.490 e. The molecule has 1 aliphatic rings. The highest BCUT2D eigenvalue weighted by Crippen LogP contribution is 2.21. The van der Waals surface area contributed by atoms with E-state index < -0.39 is 10.0 Å². The molecule has 2 N–H and O–H groups in total. The molecule has 0 spiro atoms. The summed E-state index contributed by atoms with van der Waals surface area (Å²) in [6.07, 6.45) is 1.56. The lowest BCUT2D eigenvalue weighted by Gasteiger charge is -2.15. The summed E-state index contributed by atoms with van der Waals surface area (Å²) in [5.41, 5.74) is 1.64. The van der Waals surface area contributed by atoms with Crippen molar-refractivity contribution in [2.45, 2.75) is 24.2 Å². The Morgan fingerprint density at radius 1 is 1.03 bits per heavy atom. The third-order valence-electron chi connectivity index (χ3n) is 4.44. The van der Waals surface area contributed by atoms with Crippen LogP contribution in [0.3, 0.4) is 0 Å². The van der Waals surface area contributed by atoms with E-state index in [0.717, 1.165) is 24.2 Å². The molecule has 0 radical (unpaired) electrons. The zero-order chi connectivity index (χ0) is 20.9. The molecule has 0 bridgehead atoms. The molecule has 1 fully saturated rings. The minimum absolute atomic E-state index is 0.00334. The zero-order valence-corrected chi connectivity index (χ0v) is 16.6. The summed E-state index contributed by atoms with van der Waals surface area (Å²) in [5.74, 6) is 0.181. The van der Waals surface area contributed by atoms with Gasteiger partial charge in [-0.15, -0.1) is 0 Å². The SMILES string of the molecule is NS(=O)(=O)c1ccc(OCCOC(=O)Cc2ccc(N3CCCC3=O)cc2)cc1. The fourth-order valence-electron chi connectivity index (χ4n) is 2.97. The summed E-state index contributed by atoms with van der Waals surface area (Å²) in [5, 5.41) is 5.03. The maximum atomic E-state index is 11.9. The molecule has 3 rings (SSSR count). The van der Waals surface area contributed by atoms with Crippen molar-refractivity contribution in [3.05, 3.63) is 54.1 Å². The van der Waals surface area contributed by atoms with Crippen LogP contribution in [0, 0.1) is 0 Å². The van der Waals surface area contributed by atoms with Crippen molar-refractivity contribution in [1.29, 1.82) is 0 Å². The minimum Gasteiger partial charge on any atom is -0.490 e. The predicted molar refractivity (Wildman–Crippen MR) is 106 cm³/mol. The lowest BCUT2D eigenvalue weighted by molar-refractivity contribution is -0.143. The van der Waals surface area contributed by atoms with Gasteiger partial charge in [-0.05, 0) is 48.4 Å². The summed E-state index contributed by atoms with van der Waals surface area (Å²) in [4.78, 5) is 25.4. The number of sulfonamides is 1. The number of rotatable bonds is 8. The van der Waals surface area contributed by atoms with E-state index in [0.29, 0.717) is 12.2 Å². The second-order valence-electron chi connectivity index (χ2n) is 6.58. The van der Waals surface area contributed by atoms with Crippen LogP contribution in [0.15, 0.2) is 53.4 Å². The van der Waals surface area contributed by atoms with E-state index in [-0.39, 0.29) is 36.4 Å². The second-order valence-corrected chi connectivity index (χ2v) is 8.14. The number of nitrogens with two attached hydrogens (primary N) is 1. The number of carbonyl (C=O) groups excluding carboxylic acids is 2. The Kier molecular flexibility index (Phi) is 6.50. The zero-order valence-electron chi connectivity index (χ0n) is 15.7. The molecule has 0 aliphatic carbocycles. The second kappa shape index (κ2) is 9.06. The summed E-state index contributed by atoms with van der Waals surface area (Å²) in [7, 11) is -3.74. The van der Waals surface area contributed by atoms with Gasteiger partial charge < -0.3 is 14.4 Å². The van der Waals surface area contributed by atoms with Gasteiger partial charge in [-0.2, -0.15) is 0 Å². The van der Waals surface area contributed by atoms with E-state index in [4.69, 9.17) is 14.6 Å². The average molecular weight is 418 g/mol. The topological polar surface area (TPSA) is 116 Å². The fourth-order valence-corrected chi connectivity index (χ4v) is 3.49. The van der Waals surface area contributed by atoms with Gasteiger partial charge in [0.25, 0.3) is 0 Å². The number of esters is 1. The minimum atomic E-state index is -3.74. The number of ether oxygens (including phenoxy) is 2. The fraction of sp³-hybridized carbons (Fsp3) is 0.300. The first-order valence-electron chi connectivity index (χ1n) is 9.13. The van der Waals surface area contributed by atoms with E-state index in [1.807, 2.05) is 24.3 Å². The average Bonchev–Trinajstić information content (AvgIpc) is 3.11. The van der Waals surface area contributed by atoms with Crippen LogP contribution in [0.5, 0.6) is 5.75 Å². The lowest BCUT2D eigenvalue weighted by atomic mass is 10.1. The van der Waals surface area contributed by atoms with Gasteiger partial charge in [-0.25, -0.2) is 13.6 Å². The lowest BCUT2D eigenvalue weighted by Crippen LogP contribution is -2.23. The first-order chi connectivity index (χ1) is 13.8. The van der Waals surface area contributed by atoms with Gasteiger partial charge in [0.05, 0.1) is 11.3 Å². The maximum Gasteiger partial charge on any atom is 0.310 e. The molecule has 1 amide bonds. The third kappa shape index (κ3) is 5.78. The van der Waals surface area contributed by atoms with E-state index in [1.165, 1.54) is 24.3 Å². The van der Waals surface area contributed by atoms with Crippen molar-refractivity contribution in [2.24, 2.45) is 5.14 Å². The molecule has 0 aromatic heterocycles. The Bertz CT molecular complexity index is 971. The van der Waals surface area contributed by atoms with Gasteiger partial charge in [0.1, 0.15) is 19.0 Å². The van der Waals surface area contributed by atoms with Crippen LogP contribution in [0.1, 0.15) is 18.4 Å². The van der Waals surface area contributed by atoms with Gasteiger partial charge in [-0.3, -0.25) is 9.59 Å². The molecule has 2 aromatic carbocycles. The van der Waals surface area contributed by atoms with Crippen LogP contribution >= 0.6 is 0 Å². The first-order valence-corrected chi connectivity index (χ1v) is 10.7.